The largest absolute Gasteiger partial charge is 0.482 e. The zero-order valence-corrected chi connectivity index (χ0v) is 17.9. The van der Waals surface area contributed by atoms with Gasteiger partial charge in [-0.2, -0.15) is 0 Å². The summed E-state index contributed by atoms with van der Waals surface area (Å²) in [7, 11) is 0. The second-order valence-corrected chi connectivity index (χ2v) is 8.48. The molecule has 1 aromatic heterocycles. The number of aromatic nitrogens is 1. The average molecular weight is 458 g/mol. The Morgan fingerprint density at radius 2 is 1.97 bits per heavy atom. The number of carbonyl (C=O) groups is 1. The van der Waals surface area contributed by atoms with E-state index in [1.807, 2.05) is 13.0 Å². The highest BCUT2D eigenvalue weighted by Gasteiger charge is 2.19. The topological polar surface area (TPSA) is 71.6 Å². The molecule has 2 aromatic carbocycles. The van der Waals surface area contributed by atoms with Crippen molar-refractivity contribution in [2.24, 2.45) is 0 Å². The second-order valence-electron chi connectivity index (χ2n) is 7.62. The van der Waals surface area contributed by atoms with E-state index in [1.54, 1.807) is 12.1 Å². The molecule has 0 radical (unpaired) electrons. The van der Waals surface area contributed by atoms with Crippen LogP contribution in [-0.2, 0) is 4.79 Å². The smallest absolute Gasteiger partial charge is 0.341 e. The molecule has 152 valence electrons. The molecular weight excluding hydrogens is 434 g/mol. The summed E-state index contributed by atoms with van der Waals surface area (Å²) in [5.41, 5.74) is 3.38. The van der Waals surface area contributed by atoms with Gasteiger partial charge in [-0.25, -0.2) is 4.79 Å². The number of rotatable bonds is 6. The molecule has 0 amide bonds. The molecule has 0 unspecified atom stereocenters. The third kappa shape index (κ3) is 4.42. The molecule has 0 bridgehead atoms. The van der Waals surface area contributed by atoms with E-state index in [9.17, 15) is 4.79 Å². The van der Waals surface area contributed by atoms with Gasteiger partial charge in [-0.1, -0.05) is 19.3 Å². The zero-order valence-electron chi connectivity index (χ0n) is 16.3. The first-order chi connectivity index (χ1) is 14.0. The summed E-state index contributed by atoms with van der Waals surface area (Å²) in [6.45, 7) is 1.54. The molecule has 1 fully saturated rings. The predicted octanol–water partition coefficient (Wildman–Crippen LogP) is 6.54. The molecule has 1 aliphatic carbocycles. The van der Waals surface area contributed by atoms with Crippen LogP contribution in [0.3, 0.4) is 0 Å². The molecule has 1 heterocycles. The molecule has 4 rings (SSSR count). The van der Waals surface area contributed by atoms with E-state index in [2.05, 4.69) is 39.2 Å². The van der Waals surface area contributed by atoms with Gasteiger partial charge in [0.15, 0.2) is 6.61 Å². The van der Waals surface area contributed by atoms with Gasteiger partial charge >= 0.3 is 5.97 Å². The summed E-state index contributed by atoms with van der Waals surface area (Å²) in [5, 5.41) is 10.0. The van der Waals surface area contributed by atoms with Crippen molar-refractivity contribution in [2.45, 2.75) is 44.9 Å². The molecule has 1 saturated carbocycles. The molecule has 0 saturated heterocycles. The van der Waals surface area contributed by atoms with Crippen LogP contribution in [0.2, 0.25) is 0 Å². The molecule has 29 heavy (non-hydrogen) atoms. The lowest BCUT2D eigenvalue weighted by Gasteiger charge is -2.21. The Bertz CT molecular complexity index is 1010. The first-order valence-electron chi connectivity index (χ1n) is 9.95. The van der Waals surface area contributed by atoms with Crippen molar-refractivity contribution in [3.63, 3.8) is 0 Å². The van der Waals surface area contributed by atoms with Crippen LogP contribution >= 0.6 is 15.9 Å². The van der Waals surface area contributed by atoms with E-state index in [-0.39, 0.29) is 6.61 Å². The van der Waals surface area contributed by atoms with Gasteiger partial charge in [-0.3, -0.25) is 0 Å². The van der Waals surface area contributed by atoms with Crippen LogP contribution in [0.5, 0.6) is 17.2 Å². The highest BCUT2D eigenvalue weighted by molar-refractivity contribution is 9.10. The quantitative estimate of drug-likeness (QED) is 0.440. The lowest BCUT2D eigenvalue weighted by molar-refractivity contribution is -0.139. The minimum Gasteiger partial charge on any atom is -0.482 e. The number of carboxylic acid groups (broad SMARTS) is 1. The van der Waals surface area contributed by atoms with Crippen LogP contribution in [0, 0.1) is 6.92 Å². The normalized spacial score (nSPS) is 14.8. The highest BCUT2D eigenvalue weighted by atomic mass is 79.9. The summed E-state index contributed by atoms with van der Waals surface area (Å²) in [5.74, 6) is 1.57. The number of ether oxygens (including phenoxy) is 2. The Hall–Kier alpha value is -2.47. The molecule has 0 aliphatic heterocycles. The van der Waals surface area contributed by atoms with Crippen molar-refractivity contribution >= 4 is 32.8 Å². The SMILES string of the molecule is Cc1cc(OCC(=O)O)cc(Br)c1Oc1ccc2[nH]cc(C3CCCCC3)c2c1. The Kier molecular flexibility index (Phi) is 5.81. The van der Waals surface area contributed by atoms with E-state index in [0.717, 1.165) is 21.3 Å². The molecule has 0 atom stereocenters. The van der Waals surface area contributed by atoms with E-state index >= 15 is 0 Å². The summed E-state index contributed by atoms with van der Waals surface area (Å²) in [6.07, 6.45) is 8.60. The number of benzene rings is 2. The van der Waals surface area contributed by atoms with Crippen LogP contribution in [-0.4, -0.2) is 22.7 Å². The van der Waals surface area contributed by atoms with Crippen molar-refractivity contribution in [1.82, 2.24) is 4.98 Å². The van der Waals surface area contributed by atoms with Crippen molar-refractivity contribution in [1.29, 1.82) is 0 Å². The van der Waals surface area contributed by atoms with Gasteiger partial charge in [0.2, 0.25) is 0 Å². The highest BCUT2D eigenvalue weighted by Crippen LogP contribution is 2.40. The van der Waals surface area contributed by atoms with Gasteiger partial charge in [-0.05, 0) is 83.1 Å². The third-order valence-electron chi connectivity index (χ3n) is 5.52. The monoisotopic (exact) mass is 457 g/mol. The maximum absolute atomic E-state index is 10.7. The molecule has 3 aromatic rings. The number of carboxylic acids is 1. The predicted molar refractivity (Wildman–Crippen MR) is 116 cm³/mol. The van der Waals surface area contributed by atoms with Gasteiger partial charge in [0.25, 0.3) is 0 Å². The molecule has 6 heteroatoms. The van der Waals surface area contributed by atoms with Gasteiger partial charge in [0.1, 0.15) is 17.2 Å². The lowest BCUT2D eigenvalue weighted by Crippen LogP contribution is -2.09. The van der Waals surface area contributed by atoms with Crippen molar-refractivity contribution in [2.75, 3.05) is 6.61 Å². The second kappa shape index (κ2) is 8.49. The number of halogens is 1. The first kappa shape index (κ1) is 19.8. The average Bonchev–Trinajstić information content (AvgIpc) is 3.13. The zero-order chi connectivity index (χ0) is 20.4. The van der Waals surface area contributed by atoms with Crippen LogP contribution in [0.25, 0.3) is 10.9 Å². The maximum atomic E-state index is 10.7. The molecular formula is C23H24BrNO4. The Labute approximate surface area is 178 Å². The minimum absolute atomic E-state index is 0.375. The minimum atomic E-state index is -1.01. The third-order valence-corrected chi connectivity index (χ3v) is 6.10. The fourth-order valence-corrected chi connectivity index (χ4v) is 4.73. The summed E-state index contributed by atoms with van der Waals surface area (Å²) in [6, 6.07) is 9.64. The standard InChI is InChI=1S/C23H24BrNO4/c1-14-9-17(28-13-22(26)27)11-20(24)23(14)29-16-7-8-21-18(10-16)19(12-25-21)15-5-3-2-4-6-15/h7-12,15,25H,2-6,13H2,1H3,(H,26,27). The molecule has 0 spiro atoms. The first-order valence-corrected chi connectivity index (χ1v) is 10.7. The van der Waals surface area contributed by atoms with Crippen molar-refractivity contribution < 1.29 is 19.4 Å². The number of hydrogen-bond acceptors (Lipinski definition) is 3. The van der Waals surface area contributed by atoms with Crippen molar-refractivity contribution in [3.8, 4) is 17.2 Å². The number of aliphatic carboxylic acids is 1. The number of aromatic amines is 1. The van der Waals surface area contributed by atoms with E-state index in [1.165, 1.54) is 43.1 Å². The van der Waals surface area contributed by atoms with Gasteiger partial charge in [0.05, 0.1) is 4.47 Å². The molecule has 2 N–H and O–H groups in total. The Balaban J connectivity index is 1.60. The Morgan fingerprint density at radius 3 is 2.69 bits per heavy atom. The summed E-state index contributed by atoms with van der Waals surface area (Å²) in [4.78, 5) is 14.1. The summed E-state index contributed by atoms with van der Waals surface area (Å²) < 4.78 is 12.2. The van der Waals surface area contributed by atoms with E-state index in [4.69, 9.17) is 14.6 Å². The number of aryl methyl sites for hydroxylation is 1. The van der Waals surface area contributed by atoms with Gasteiger partial charge < -0.3 is 19.6 Å². The number of hydrogen-bond donors (Lipinski definition) is 2. The fraction of sp³-hybridized carbons (Fsp3) is 0.348. The van der Waals surface area contributed by atoms with E-state index in [0.29, 0.717) is 17.4 Å². The Morgan fingerprint density at radius 1 is 1.17 bits per heavy atom. The van der Waals surface area contributed by atoms with Crippen LogP contribution in [0.1, 0.15) is 49.1 Å². The maximum Gasteiger partial charge on any atom is 0.341 e. The molecule has 1 aliphatic rings. The summed E-state index contributed by atoms with van der Waals surface area (Å²) >= 11 is 3.52. The van der Waals surface area contributed by atoms with E-state index < -0.39 is 5.97 Å². The molecule has 5 nitrogen and oxygen atoms in total. The lowest BCUT2D eigenvalue weighted by atomic mass is 9.84. The van der Waals surface area contributed by atoms with Gasteiger partial charge in [-0.15, -0.1) is 0 Å². The van der Waals surface area contributed by atoms with Crippen LogP contribution in [0.15, 0.2) is 41.0 Å². The number of fused-ring (bicyclic) bond motifs is 1. The number of nitrogens with one attached hydrogen (secondary N) is 1. The van der Waals surface area contributed by atoms with Crippen LogP contribution < -0.4 is 9.47 Å². The number of H-pyrrole nitrogens is 1. The fourth-order valence-electron chi connectivity index (χ4n) is 4.11. The van der Waals surface area contributed by atoms with Crippen molar-refractivity contribution in [3.05, 3.63) is 52.1 Å². The van der Waals surface area contributed by atoms with Gasteiger partial charge in [0, 0.05) is 17.1 Å². The van der Waals surface area contributed by atoms with Crippen LogP contribution in [0.4, 0.5) is 0 Å².